The smallest absolute Gasteiger partial charge is 0.161 e. The Morgan fingerprint density at radius 3 is 2.55 bits per heavy atom. The number of methoxy groups -OCH3 is 2. The first kappa shape index (κ1) is 20.2. The molecule has 1 N–H and O–H groups in total. The SMILES string of the molecule is CCOc1ccc(N/C=C(\C#N)c2nc(-c3ccc(OC)c(OC)c3)cs2)cc1. The number of nitriles is 1. The number of ether oxygens (including phenoxy) is 3. The molecule has 0 fully saturated rings. The van der Waals surface area contributed by atoms with Gasteiger partial charge in [-0.25, -0.2) is 4.98 Å². The fourth-order valence-corrected chi connectivity index (χ4v) is 3.43. The van der Waals surface area contributed by atoms with Gasteiger partial charge in [0.1, 0.15) is 22.4 Å². The fourth-order valence-electron chi connectivity index (χ4n) is 2.64. The van der Waals surface area contributed by atoms with Crippen LogP contribution in [0, 0.1) is 11.3 Å². The molecule has 1 aromatic heterocycles. The number of nitrogens with one attached hydrogen (secondary N) is 1. The van der Waals surface area contributed by atoms with E-state index in [1.807, 2.05) is 54.8 Å². The minimum atomic E-state index is 0.454. The van der Waals surface area contributed by atoms with Crippen molar-refractivity contribution in [1.29, 1.82) is 5.26 Å². The molecule has 3 rings (SSSR count). The number of rotatable bonds is 8. The molecule has 0 radical (unpaired) electrons. The zero-order valence-electron chi connectivity index (χ0n) is 16.4. The van der Waals surface area contributed by atoms with Gasteiger partial charge in [-0.1, -0.05) is 0 Å². The van der Waals surface area contributed by atoms with Crippen molar-refractivity contribution in [3.8, 4) is 34.6 Å². The van der Waals surface area contributed by atoms with Crippen LogP contribution in [0.15, 0.2) is 54.0 Å². The van der Waals surface area contributed by atoms with E-state index in [0.717, 1.165) is 22.7 Å². The van der Waals surface area contributed by atoms with E-state index in [9.17, 15) is 5.26 Å². The topological polar surface area (TPSA) is 76.4 Å². The molecule has 0 spiro atoms. The number of thiazole rings is 1. The predicted molar refractivity (Wildman–Crippen MR) is 115 cm³/mol. The molecule has 0 unspecified atom stereocenters. The minimum Gasteiger partial charge on any atom is -0.494 e. The lowest BCUT2D eigenvalue weighted by atomic mass is 10.1. The molecule has 7 heteroatoms. The van der Waals surface area contributed by atoms with Gasteiger partial charge in [-0.05, 0) is 49.4 Å². The van der Waals surface area contributed by atoms with E-state index >= 15 is 0 Å². The van der Waals surface area contributed by atoms with Crippen LogP contribution in [-0.2, 0) is 0 Å². The lowest BCUT2D eigenvalue weighted by Crippen LogP contribution is -1.93. The normalized spacial score (nSPS) is 10.9. The Kier molecular flexibility index (Phi) is 6.72. The van der Waals surface area contributed by atoms with Gasteiger partial charge in [0.15, 0.2) is 11.5 Å². The Balaban J connectivity index is 1.78. The fraction of sp³-hybridized carbons (Fsp3) is 0.182. The second-order valence-electron chi connectivity index (χ2n) is 5.88. The van der Waals surface area contributed by atoms with E-state index in [4.69, 9.17) is 14.2 Å². The molecule has 3 aromatic rings. The van der Waals surface area contributed by atoms with E-state index < -0.39 is 0 Å². The number of benzene rings is 2. The third-order valence-corrected chi connectivity index (χ3v) is 4.96. The van der Waals surface area contributed by atoms with Gasteiger partial charge in [-0.15, -0.1) is 11.3 Å². The Bertz CT molecular complexity index is 1040. The summed E-state index contributed by atoms with van der Waals surface area (Å²) < 4.78 is 16.1. The van der Waals surface area contributed by atoms with Gasteiger partial charge in [0.2, 0.25) is 0 Å². The monoisotopic (exact) mass is 407 g/mol. The summed E-state index contributed by atoms with van der Waals surface area (Å²) in [4.78, 5) is 4.60. The molecule has 0 aliphatic carbocycles. The first-order valence-corrected chi connectivity index (χ1v) is 9.84. The standard InChI is InChI=1S/C22H21N3O3S/c1-4-28-18-8-6-17(7-9-18)24-13-16(12-23)22-25-19(14-29-22)15-5-10-20(26-2)21(11-15)27-3/h5-11,13-14,24H,4H2,1-3H3/b16-13+. The molecule has 0 aliphatic rings. The number of hydrogen-bond donors (Lipinski definition) is 1. The van der Waals surface area contributed by atoms with Gasteiger partial charge >= 0.3 is 0 Å². The number of nitrogens with zero attached hydrogens (tertiary/aromatic N) is 2. The maximum Gasteiger partial charge on any atom is 0.161 e. The second kappa shape index (κ2) is 9.62. The maximum absolute atomic E-state index is 9.55. The highest BCUT2D eigenvalue weighted by Gasteiger charge is 2.11. The summed E-state index contributed by atoms with van der Waals surface area (Å²) in [6.45, 7) is 2.57. The Hall–Kier alpha value is -3.50. The van der Waals surface area contributed by atoms with Crippen LogP contribution < -0.4 is 19.5 Å². The number of hydrogen-bond acceptors (Lipinski definition) is 7. The summed E-state index contributed by atoms with van der Waals surface area (Å²) in [7, 11) is 3.19. The van der Waals surface area contributed by atoms with Crippen molar-refractivity contribution in [2.75, 3.05) is 26.1 Å². The Morgan fingerprint density at radius 2 is 1.90 bits per heavy atom. The van der Waals surface area contributed by atoms with Gasteiger partial charge in [-0.3, -0.25) is 0 Å². The summed E-state index contributed by atoms with van der Waals surface area (Å²) >= 11 is 1.41. The van der Waals surface area contributed by atoms with Crippen LogP contribution in [0.5, 0.6) is 17.2 Å². The largest absolute Gasteiger partial charge is 0.494 e. The van der Waals surface area contributed by atoms with E-state index in [1.54, 1.807) is 20.4 Å². The first-order chi connectivity index (χ1) is 14.2. The summed E-state index contributed by atoms with van der Waals surface area (Å²) in [5.74, 6) is 2.10. The Labute approximate surface area is 174 Å². The summed E-state index contributed by atoms with van der Waals surface area (Å²) in [5.41, 5.74) is 2.98. The van der Waals surface area contributed by atoms with E-state index in [0.29, 0.717) is 28.7 Å². The molecular formula is C22H21N3O3S. The zero-order valence-corrected chi connectivity index (χ0v) is 17.2. The van der Waals surface area contributed by atoms with Crippen LogP contribution in [0.4, 0.5) is 5.69 Å². The van der Waals surface area contributed by atoms with Crippen LogP contribution in [-0.4, -0.2) is 25.8 Å². The van der Waals surface area contributed by atoms with Gasteiger partial charge in [0, 0.05) is 22.8 Å². The summed E-state index contributed by atoms with van der Waals surface area (Å²) in [6, 6.07) is 15.4. The third kappa shape index (κ3) is 4.86. The van der Waals surface area contributed by atoms with E-state index in [-0.39, 0.29) is 0 Å². The summed E-state index contributed by atoms with van der Waals surface area (Å²) in [6.07, 6.45) is 1.66. The number of allylic oxidation sites excluding steroid dienone is 1. The molecule has 0 bridgehead atoms. The third-order valence-electron chi connectivity index (χ3n) is 4.08. The van der Waals surface area contributed by atoms with Crippen molar-refractivity contribution < 1.29 is 14.2 Å². The molecule has 2 aromatic carbocycles. The van der Waals surface area contributed by atoms with Crippen molar-refractivity contribution in [2.45, 2.75) is 6.92 Å². The van der Waals surface area contributed by atoms with Crippen molar-refractivity contribution in [3.05, 3.63) is 59.1 Å². The van der Waals surface area contributed by atoms with Gasteiger partial charge in [-0.2, -0.15) is 5.26 Å². The van der Waals surface area contributed by atoms with Crippen molar-refractivity contribution in [1.82, 2.24) is 4.98 Å². The molecule has 0 saturated heterocycles. The Morgan fingerprint density at radius 1 is 1.14 bits per heavy atom. The highest BCUT2D eigenvalue weighted by atomic mass is 32.1. The average Bonchev–Trinajstić information content (AvgIpc) is 3.25. The quantitative estimate of drug-likeness (QED) is 0.517. The predicted octanol–water partition coefficient (Wildman–Crippen LogP) is 5.20. The second-order valence-corrected chi connectivity index (χ2v) is 6.74. The minimum absolute atomic E-state index is 0.454. The highest BCUT2D eigenvalue weighted by Crippen LogP contribution is 2.33. The molecular weight excluding hydrogens is 386 g/mol. The van der Waals surface area contributed by atoms with Crippen molar-refractivity contribution in [3.63, 3.8) is 0 Å². The molecule has 0 aliphatic heterocycles. The van der Waals surface area contributed by atoms with E-state index in [1.165, 1.54) is 11.3 Å². The van der Waals surface area contributed by atoms with Crippen LogP contribution >= 0.6 is 11.3 Å². The summed E-state index contributed by atoms with van der Waals surface area (Å²) in [5, 5.41) is 15.2. The van der Waals surface area contributed by atoms with E-state index in [2.05, 4.69) is 16.4 Å². The zero-order chi connectivity index (χ0) is 20.6. The molecule has 0 atom stereocenters. The lowest BCUT2D eigenvalue weighted by molar-refractivity contribution is 0.340. The number of anilines is 1. The van der Waals surface area contributed by atoms with Crippen LogP contribution in [0.1, 0.15) is 11.9 Å². The molecule has 0 amide bonds. The van der Waals surface area contributed by atoms with Crippen LogP contribution in [0.3, 0.4) is 0 Å². The van der Waals surface area contributed by atoms with Crippen molar-refractivity contribution in [2.24, 2.45) is 0 Å². The van der Waals surface area contributed by atoms with Gasteiger partial charge < -0.3 is 19.5 Å². The molecule has 1 heterocycles. The van der Waals surface area contributed by atoms with Crippen molar-refractivity contribution >= 4 is 22.6 Å². The van der Waals surface area contributed by atoms with Crippen LogP contribution in [0.25, 0.3) is 16.8 Å². The lowest BCUT2D eigenvalue weighted by Gasteiger charge is -2.08. The number of aromatic nitrogens is 1. The average molecular weight is 407 g/mol. The maximum atomic E-state index is 9.55. The van der Waals surface area contributed by atoms with Gasteiger partial charge in [0.05, 0.1) is 26.5 Å². The molecule has 6 nitrogen and oxygen atoms in total. The molecule has 29 heavy (non-hydrogen) atoms. The van der Waals surface area contributed by atoms with Gasteiger partial charge in [0.25, 0.3) is 0 Å². The highest BCUT2D eigenvalue weighted by molar-refractivity contribution is 7.11. The molecule has 148 valence electrons. The van der Waals surface area contributed by atoms with Crippen LogP contribution in [0.2, 0.25) is 0 Å². The molecule has 0 saturated carbocycles. The first-order valence-electron chi connectivity index (χ1n) is 8.96.